The van der Waals surface area contributed by atoms with Gasteiger partial charge in [-0.05, 0) is 82.1 Å². The number of hydrogen-bond donors (Lipinski definition) is 1. The van der Waals surface area contributed by atoms with Crippen LogP contribution in [0.3, 0.4) is 0 Å². The Labute approximate surface area is 160 Å². The highest BCUT2D eigenvalue weighted by molar-refractivity contribution is 5.17. The van der Waals surface area contributed by atoms with Crippen molar-refractivity contribution in [3.05, 3.63) is 35.9 Å². The van der Waals surface area contributed by atoms with Crippen molar-refractivity contribution in [2.75, 3.05) is 33.3 Å². The number of ether oxygens (including phenoxy) is 1. The molecule has 2 aliphatic rings. The van der Waals surface area contributed by atoms with E-state index in [9.17, 15) is 0 Å². The molecule has 1 aromatic carbocycles. The van der Waals surface area contributed by atoms with Crippen LogP contribution >= 0.6 is 0 Å². The zero-order valence-corrected chi connectivity index (χ0v) is 17.0. The smallest absolute Gasteiger partial charge is 0.0603 e. The Kier molecular flexibility index (Phi) is 7.13. The van der Waals surface area contributed by atoms with E-state index in [0.717, 1.165) is 13.2 Å². The number of likely N-dealkylation sites (tertiary alicyclic amines) is 1. The second kappa shape index (κ2) is 9.34. The summed E-state index contributed by atoms with van der Waals surface area (Å²) in [5, 5.41) is 3.88. The zero-order chi connectivity index (χ0) is 18.4. The molecule has 3 nitrogen and oxygen atoms in total. The number of nitrogens with zero attached hydrogens (tertiary/aromatic N) is 1. The van der Waals surface area contributed by atoms with Gasteiger partial charge in [-0.2, -0.15) is 0 Å². The van der Waals surface area contributed by atoms with Gasteiger partial charge in [-0.25, -0.2) is 0 Å². The largest absolute Gasteiger partial charge is 0.378 e. The van der Waals surface area contributed by atoms with Crippen LogP contribution in [0.5, 0.6) is 0 Å². The fourth-order valence-corrected chi connectivity index (χ4v) is 4.70. The average molecular weight is 359 g/mol. The summed E-state index contributed by atoms with van der Waals surface area (Å²) in [7, 11) is 2.24. The highest BCUT2D eigenvalue weighted by Gasteiger charge is 2.37. The molecule has 1 aromatic rings. The van der Waals surface area contributed by atoms with Crippen LogP contribution in [0, 0.1) is 11.3 Å². The normalized spacial score (nSPS) is 28.5. The highest BCUT2D eigenvalue weighted by atomic mass is 16.5. The first-order valence-corrected chi connectivity index (χ1v) is 10.6. The summed E-state index contributed by atoms with van der Waals surface area (Å²) in [6.45, 7) is 9.14. The van der Waals surface area contributed by atoms with Crippen LogP contribution in [0.1, 0.15) is 51.5 Å². The zero-order valence-electron chi connectivity index (χ0n) is 17.0. The lowest BCUT2D eigenvalue weighted by Gasteiger charge is -2.43. The van der Waals surface area contributed by atoms with Gasteiger partial charge in [0.05, 0.1) is 6.10 Å². The third-order valence-corrected chi connectivity index (χ3v) is 6.57. The summed E-state index contributed by atoms with van der Waals surface area (Å²) >= 11 is 0. The first kappa shape index (κ1) is 19.9. The molecule has 2 atom stereocenters. The SMILES string of the molecule is CC(C)C1CC(CCNC2CCN(C)CC2)(Cc2ccccc2)CCO1. The van der Waals surface area contributed by atoms with Gasteiger partial charge in [-0.15, -0.1) is 0 Å². The van der Waals surface area contributed by atoms with Crippen molar-refractivity contribution in [2.45, 2.75) is 64.5 Å². The van der Waals surface area contributed by atoms with E-state index in [1.807, 2.05) is 0 Å². The Balaban J connectivity index is 1.61. The molecular weight excluding hydrogens is 320 g/mol. The van der Waals surface area contributed by atoms with Crippen molar-refractivity contribution in [2.24, 2.45) is 11.3 Å². The number of benzene rings is 1. The molecular formula is C23H38N2O. The van der Waals surface area contributed by atoms with Gasteiger partial charge in [0, 0.05) is 12.6 Å². The quantitative estimate of drug-likeness (QED) is 0.793. The molecule has 3 heteroatoms. The van der Waals surface area contributed by atoms with Crippen LogP contribution in [-0.2, 0) is 11.2 Å². The molecule has 0 radical (unpaired) electrons. The van der Waals surface area contributed by atoms with Crippen LogP contribution < -0.4 is 5.32 Å². The molecule has 0 bridgehead atoms. The third-order valence-electron chi connectivity index (χ3n) is 6.57. The van der Waals surface area contributed by atoms with Crippen molar-refractivity contribution in [1.29, 1.82) is 0 Å². The van der Waals surface area contributed by atoms with Crippen LogP contribution in [0.15, 0.2) is 30.3 Å². The maximum atomic E-state index is 6.11. The van der Waals surface area contributed by atoms with E-state index in [0.29, 0.717) is 23.5 Å². The lowest BCUT2D eigenvalue weighted by Crippen LogP contribution is -2.44. The van der Waals surface area contributed by atoms with Crippen molar-refractivity contribution in [3.8, 4) is 0 Å². The molecule has 2 unspecified atom stereocenters. The molecule has 146 valence electrons. The van der Waals surface area contributed by atoms with Gasteiger partial charge in [-0.3, -0.25) is 0 Å². The van der Waals surface area contributed by atoms with Gasteiger partial charge in [0.15, 0.2) is 0 Å². The molecule has 2 fully saturated rings. The monoisotopic (exact) mass is 358 g/mol. The van der Waals surface area contributed by atoms with Crippen LogP contribution in [0.4, 0.5) is 0 Å². The molecule has 2 saturated heterocycles. The predicted molar refractivity (Wildman–Crippen MR) is 110 cm³/mol. The van der Waals surface area contributed by atoms with Crippen molar-refractivity contribution in [3.63, 3.8) is 0 Å². The Morgan fingerprint density at radius 3 is 2.62 bits per heavy atom. The summed E-state index contributed by atoms with van der Waals surface area (Å²) in [6.07, 6.45) is 7.85. The summed E-state index contributed by atoms with van der Waals surface area (Å²) < 4.78 is 6.11. The number of nitrogens with one attached hydrogen (secondary N) is 1. The summed E-state index contributed by atoms with van der Waals surface area (Å²) in [5.41, 5.74) is 1.86. The van der Waals surface area contributed by atoms with Crippen LogP contribution in [0.2, 0.25) is 0 Å². The molecule has 0 amide bonds. The fraction of sp³-hybridized carbons (Fsp3) is 0.739. The first-order chi connectivity index (χ1) is 12.6. The molecule has 0 aromatic heterocycles. The Morgan fingerprint density at radius 1 is 1.19 bits per heavy atom. The van der Waals surface area contributed by atoms with E-state index in [4.69, 9.17) is 4.74 Å². The molecule has 0 saturated carbocycles. The lowest BCUT2D eigenvalue weighted by molar-refractivity contribution is -0.0722. The Bertz CT molecular complexity index is 524. The highest BCUT2D eigenvalue weighted by Crippen LogP contribution is 2.41. The number of rotatable bonds is 7. The summed E-state index contributed by atoms with van der Waals surface area (Å²) in [4.78, 5) is 2.45. The average Bonchev–Trinajstić information content (AvgIpc) is 2.64. The molecule has 0 aliphatic carbocycles. The molecule has 1 N–H and O–H groups in total. The third kappa shape index (κ3) is 5.55. The van der Waals surface area contributed by atoms with Gasteiger partial charge < -0.3 is 15.0 Å². The molecule has 2 heterocycles. The first-order valence-electron chi connectivity index (χ1n) is 10.6. The van der Waals surface area contributed by atoms with Crippen molar-refractivity contribution < 1.29 is 4.74 Å². The minimum absolute atomic E-state index is 0.382. The van der Waals surface area contributed by atoms with Crippen molar-refractivity contribution in [1.82, 2.24) is 10.2 Å². The van der Waals surface area contributed by atoms with Crippen LogP contribution in [-0.4, -0.2) is 50.3 Å². The Hall–Kier alpha value is -0.900. The second-order valence-electron chi connectivity index (χ2n) is 9.05. The molecule has 2 aliphatic heterocycles. The maximum Gasteiger partial charge on any atom is 0.0603 e. The lowest BCUT2D eigenvalue weighted by atomic mass is 9.69. The van der Waals surface area contributed by atoms with E-state index in [-0.39, 0.29) is 0 Å². The Morgan fingerprint density at radius 2 is 1.92 bits per heavy atom. The van der Waals surface area contributed by atoms with E-state index in [1.54, 1.807) is 0 Å². The van der Waals surface area contributed by atoms with Crippen molar-refractivity contribution >= 4 is 0 Å². The van der Waals surface area contributed by atoms with E-state index in [2.05, 4.69) is 61.4 Å². The summed E-state index contributed by atoms with van der Waals surface area (Å²) in [6, 6.07) is 11.8. The van der Waals surface area contributed by atoms with Gasteiger partial charge in [0.1, 0.15) is 0 Å². The topological polar surface area (TPSA) is 24.5 Å². The predicted octanol–water partition coefficient (Wildman–Crippen LogP) is 4.12. The van der Waals surface area contributed by atoms with Gasteiger partial charge in [0.25, 0.3) is 0 Å². The maximum absolute atomic E-state index is 6.11. The fourth-order valence-electron chi connectivity index (χ4n) is 4.70. The van der Waals surface area contributed by atoms with Gasteiger partial charge >= 0.3 is 0 Å². The minimum Gasteiger partial charge on any atom is -0.378 e. The molecule has 3 rings (SSSR count). The van der Waals surface area contributed by atoms with Gasteiger partial charge in [-0.1, -0.05) is 44.2 Å². The second-order valence-corrected chi connectivity index (χ2v) is 9.05. The standard InChI is InChI=1S/C23H38N2O/c1-19(2)22-18-23(12-16-26-22,17-20-7-5-4-6-8-20)11-13-24-21-9-14-25(3)15-10-21/h4-8,19,21-22,24H,9-18H2,1-3H3. The van der Waals surface area contributed by atoms with E-state index >= 15 is 0 Å². The summed E-state index contributed by atoms with van der Waals surface area (Å²) in [5.74, 6) is 0.604. The van der Waals surface area contributed by atoms with E-state index in [1.165, 1.54) is 57.2 Å². The number of piperidine rings is 1. The molecule has 26 heavy (non-hydrogen) atoms. The number of hydrogen-bond acceptors (Lipinski definition) is 3. The minimum atomic E-state index is 0.382. The van der Waals surface area contributed by atoms with E-state index < -0.39 is 0 Å². The molecule has 0 spiro atoms. The van der Waals surface area contributed by atoms with Gasteiger partial charge in [0.2, 0.25) is 0 Å². The van der Waals surface area contributed by atoms with Crippen LogP contribution in [0.25, 0.3) is 0 Å².